The second-order valence-corrected chi connectivity index (χ2v) is 3.72. The summed E-state index contributed by atoms with van der Waals surface area (Å²) in [5, 5.41) is 9.14. The molecule has 0 aliphatic carbocycles. The Morgan fingerprint density at radius 1 is 1.25 bits per heavy atom. The molecule has 0 radical (unpaired) electrons. The molecular weight excluding hydrogens is 234 g/mol. The van der Waals surface area contributed by atoms with Gasteiger partial charge in [-0.3, -0.25) is 4.79 Å². The SMILES string of the molecule is CC.O=Cc1sc2c(F)ccc(F)c2c1O. The highest BCUT2D eigenvalue weighted by Crippen LogP contribution is 2.38. The van der Waals surface area contributed by atoms with Crippen LogP contribution in [0.3, 0.4) is 0 Å². The largest absolute Gasteiger partial charge is 0.506 e. The van der Waals surface area contributed by atoms with Crippen LogP contribution in [0.15, 0.2) is 12.1 Å². The van der Waals surface area contributed by atoms with Crippen LogP contribution in [0, 0.1) is 11.6 Å². The topological polar surface area (TPSA) is 37.3 Å². The van der Waals surface area contributed by atoms with Crippen molar-refractivity contribution in [2.45, 2.75) is 13.8 Å². The smallest absolute Gasteiger partial charge is 0.163 e. The minimum absolute atomic E-state index is 0.0374. The van der Waals surface area contributed by atoms with Crippen LogP contribution < -0.4 is 0 Å². The van der Waals surface area contributed by atoms with Gasteiger partial charge in [0, 0.05) is 0 Å². The Labute approximate surface area is 95.1 Å². The molecule has 86 valence electrons. The van der Waals surface area contributed by atoms with E-state index in [-0.39, 0.29) is 15.0 Å². The van der Waals surface area contributed by atoms with Gasteiger partial charge in [-0.1, -0.05) is 13.8 Å². The number of aromatic hydroxyl groups is 1. The fourth-order valence-corrected chi connectivity index (χ4v) is 2.14. The van der Waals surface area contributed by atoms with Crippen molar-refractivity contribution in [2.24, 2.45) is 0 Å². The normalized spacial score (nSPS) is 9.75. The van der Waals surface area contributed by atoms with Gasteiger partial charge in [-0.15, -0.1) is 11.3 Å². The van der Waals surface area contributed by atoms with E-state index in [0.29, 0.717) is 6.29 Å². The molecule has 0 fully saturated rings. The van der Waals surface area contributed by atoms with Gasteiger partial charge >= 0.3 is 0 Å². The molecule has 0 aliphatic rings. The molecule has 1 aromatic heterocycles. The average molecular weight is 244 g/mol. The van der Waals surface area contributed by atoms with Crippen molar-refractivity contribution in [1.82, 2.24) is 0 Å². The maximum absolute atomic E-state index is 13.1. The number of carbonyl (C=O) groups is 1. The molecule has 1 heterocycles. The highest BCUT2D eigenvalue weighted by atomic mass is 32.1. The summed E-state index contributed by atoms with van der Waals surface area (Å²) in [6.07, 6.45) is 0.374. The van der Waals surface area contributed by atoms with E-state index >= 15 is 0 Å². The summed E-state index contributed by atoms with van der Waals surface area (Å²) in [5.74, 6) is -1.87. The van der Waals surface area contributed by atoms with E-state index in [2.05, 4.69) is 0 Å². The third-order valence-electron chi connectivity index (χ3n) is 1.85. The summed E-state index contributed by atoms with van der Waals surface area (Å²) >= 11 is 0.732. The van der Waals surface area contributed by atoms with Crippen molar-refractivity contribution in [1.29, 1.82) is 0 Å². The van der Waals surface area contributed by atoms with Gasteiger partial charge in [0.2, 0.25) is 0 Å². The second kappa shape index (κ2) is 5.03. The van der Waals surface area contributed by atoms with Gasteiger partial charge < -0.3 is 5.11 Å². The minimum Gasteiger partial charge on any atom is -0.506 e. The number of rotatable bonds is 1. The van der Waals surface area contributed by atoms with E-state index in [4.69, 9.17) is 0 Å². The average Bonchev–Trinajstić information content (AvgIpc) is 2.65. The maximum atomic E-state index is 13.1. The Kier molecular flexibility index (Phi) is 3.95. The van der Waals surface area contributed by atoms with E-state index in [1.54, 1.807) is 0 Å². The summed E-state index contributed by atoms with van der Waals surface area (Å²) in [7, 11) is 0. The van der Waals surface area contributed by atoms with Crippen LogP contribution in [-0.4, -0.2) is 11.4 Å². The molecule has 1 N–H and O–H groups in total. The van der Waals surface area contributed by atoms with Gasteiger partial charge in [0.15, 0.2) is 6.29 Å². The summed E-state index contributed by atoms with van der Waals surface area (Å²) < 4.78 is 26.2. The van der Waals surface area contributed by atoms with Crippen LogP contribution in [0.4, 0.5) is 8.78 Å². The van der Waals surface area contributed by atoms with Crippen molar-refractivity contribution in [3.05, 3.63) is 28.6 Å². The van der Waals surface area contributed by atoms with Gasteiger partial charge in [0.1, 0.15) is 22.3 Å². The molecule has 0 bridgehead atoms. The summed E-state index contributed by atoms with van der Waals surface area (Å²) in [6, 6.07) is 1.88. The van der Waals surface area contributed by atoms with Crippen LogP contribution in [0.25, 0.3) is 10.1 Å². The maximum Gasteiger partial charge on any atom is 0.163 e. The van der Waals surface area contributed by atoms with E-state index in [1.165, 1.54) is 0 Å². The first-order valence-corrected chi connectivity index (χ1v) is 5.51. The zero-order valence-electron chi connectivity index (χ0n) is 8.75. The van der Waals surface area contributed by atoms with Gasteiger partial charge in [0.25, 0.3) is 0 Å². The van der Waals surface area contributed by atoms with E-state index in [9.17, 15) is 18.7 Å². The number of halogens is 2. The Balaban J connectivity index is 0.000000606. The number of thiophene rings is 1. The third-order valence-corrected chi connectivity index (χ3v) is 2.96. The number of carbonyl (C=O) groups excluding carboxylic acids is 1. The summed E-state index contributed by atoms with van der Waals surface area (Å²) in [4.78, 5) is 10.4. The zero-order chi connectivity index (χ0) is 12.3. The summed E-state index contributed by atoms with van der Waals surface area (Å²) in [6.45, 7) is 4.00. The van der Waals surface area contributed by atoms with Crippen molar-refractivity contribution in [3.8, 4) is 5.75 Å². The molecule has 0 saturated heterocycles. The fraction of sp³-hybridized carbons (Fsp3) is 0.182. The Hall–Kier alpha value is -1.49. The molecule has 5 heteroatoms. The predicted octanol–water partition coefficient (Wildman–Crippen LogP) is 3.72. The lowest BCUT2D eigenvalue weighted by atomic mass is 10.2. The zero-order valence-corrected chi connectivity index (χ0v) is 9.57. The molecule has 0 aliphatic heterocycles. The van der Waals surface area contributed by atoms with E-state index in [1.807, 2.05) is 13.8 Å². The highest BCUT2D eigenvalue weighted by molar-refractivity contribution is 7.21. The molecule has 0 saturated carbocycles. The molecule has 0 spiro atoms. The quantitative estimate of drug-likeness (QED) is 0.776. The Morgan fingerprint density at radius 2 is 1.81 bits per heavy atom. The number of fused-ring (bicyclic) bond motifs is 1. The number of hydrogen-bond acceptors (Lipinski definition) is 3. The van der Waals surface area contributed by atoms with Crippen molar-refractivity contribution in [3.63, 3.8) is 0 Å². The van der Waals surface area contributed by atoms with Gasteiger partial charge in [-0.25, -0.2) is 8.78 Å². The number of hydrogen-bond donors (Lipinski definition) is 1. The minimum atomic E-state index is -0.733. The molecule has 2 aromatic rings. The van der Waals surface area contributed by atoms with Gasteiger partial charge in [-0.05, 0) is 12.1 Å². The molecular formula is C11H10F2O2S. The molecule has 0 unspecified atom stereocenters. The van der Waals surface area contributed by atoms with Crippen LogP contribution in [0.5, 0.6) is 5.75 Å². The standard InChI is InChI=1S/C9H4F2O2S.C2H6/c10-4-1-2-5(11)9-7(4)8(13)6(3-12)14-9;1-2/h1-3,13H;1-2H3. The molecule has 2 nitrogen and oxygen atoms in total. The van der Waals surface area contributed by atoms with Crippen molar-refractivity contribution in [2.75, 3.05) is 0 Å². The van der Waals surface area contributed by atoms with E-state index < -0.39 is 17.4 Å². The van der Waals surface area contributed by atoms with Crippen LogP contribution in [0.1, 0.15) is 23.5 Å². The molecule has 1 aromatic carbocycles. The molecule has 16 heavy (non-hydrogen) atoms. The second-order valence-electron chi connectivity index (χ2n) is 2.67. The van der Waals surface area contributed by atoms with Crippen LogP contribution in [0.2, 0.25) is 0 Å². The lowest BCUT2D eigenvalue weighted by Gasteiger charge is -1.94. The van der Waals surface area contributed by atoms with Gasteiger partial charge in [0.05, 0.1) is 10.1 Å². The molecule has 0 atom stereocenters. The number of benzene rings is 1. The first kappa shape index (κ1) is 12.6. The van der Waals surface area contributed by atoms with Crippen molar-refractivity contribution < 1.29 is 18.7 Å². The molecule has 0 amide bonds. The lowest BCUT2D eigenvalue weighted by molar-refractivity contribution is 0.112. The first-order chi connectivity index (χ1) is 7.65. The molecule has 2 rings (SSSR count). The lowest BCUT2D eigenvalue weighted by Crippen LogP contribution is -1.79. The summed E-state index contributed by atoms with van der Waals surface area (Å²) in [5.41, 5.74) is 0. The Bertz CT molecular complexity index is 520. The van der Waals surface area contributed by atoms with Crippen LogP contribution in [-0.2, 0) is 0 Å². The Morgan fingerprint density at radius 3 is 2.31 bits per heavy atom. The van der Waals surface area contributed by atoms with Crippen molar-refractivity contribution >= 4 is 27.7 Å². The monoisotopic (exact) mass is 244 g/mol. The third kappa shape index (κ3) is 1.90. The fourth-order valence-electron chi connectivity index (χ4n) is 1.22. The van der Waals surface area contributed by atoms with Gasteiger partial charge in [-0.2, -0.15) is 0 Å². The number of aldehydes is 1. The first-order valence-electron chi connectivity index (χ1n) is 4.69. The van der Waals surface area contributed by atoms with Crippen LogP contribution >= 0.6 is 11.3 Å². The predicted molar refractivity (Wildman–Crippen MR) is 60.1 cm³/mol. The highest BCUT2D eigenvalue weighted by Gasteiger charge is 2.17. The van der Waals surface area contributed by atoms with E-state index in [0.717, 1.165) is 23.5 Å².